The van der Waals surface area contributed by atoms with Crippen LogP contribution >= 0.6 is 0 Å². The number of hydrogen-bond acceptors (Lipinski definition) is 4. The van der Waals surface area contributed by atoms with Gasteiger partial charge in [-0.25, -0.2) is 4.79 Å². The van der Waals surface area contributed by atoms with Crippen molar-refractivity contribution >= 4 is 12.4 Å². The van der Waals surface area contributed by atoms with Crippen LogP contribution in [-0.4, -0.2) is 25.1 Å². The monoisotopic (exact) mass is 347 g/mol. The van der Waals surface area contributed by atoms with Gasteiger partial charge in [0.2, 0.25) is 0 Å². The molecular weight excluding hydrogens is 327 g/mol. The van der Waals surface area contributed by atoms with Crippen molar-refractivity contribution in [3.05, 3.63) is 29.3 Å². The number of methoxy groups -OCH3 is 1. The number of halogens is 3. The summed E-state index contributed by atoms with van der Waals surface area (Å²) < 4.78 is 49.3. The number of carbonyl (C=O) groups excluding carboxylic acids is 2. The van der Waals surface area contributed by atoms with Gasteiger partial charge in [-0.1, -0.05) is 12.1 Å². The first-order chi connectivity index (χ1) is 10.8. The van der Waals surface area contributed by atoms with Crippen LogP contribution in [0.3, 0.4) is 0 Å². The van der Waals surface area contributed by atoms with E-state index in [2.05, 4.69) is 5.32 Å². The third-order valence-electron chi connectivity index (χ3n) is 3.08. The Bertz CT molecular complexity index is 623. The second-order valence-corrected chi connectivity index (χ2v) is 6.33. The highest BCUT2D eigenvalue weighted by molar-refractivity contribution is 5.79. The molecule has 1 rings (SSSR count). The number of carbonyl (C=O) groups is 2. The molecule has 134 valence electrons. The van der Waals surface area contributed by atoms with E-state index in [0.717, 1.165) is 19.2 Å². The van der Waals surface area contributed by atoms with Gasteiger partial charge in [-0.05, 0) is 33.8 Å². The van der Waals surface area contributed by atoms with Crippen LogP contribution in [0.25, 0.3) is 0 Å². The second kappa shape index (κ2) is 6.70. The summed E-state index contributed by atoms with van der Waals surface area (Å²) in [5, 5.41) is 2.29. The van der Waals surface area contributed by atoms with E-state index in [1.54, 1.807) is 20.8 Å². The first kappa shape index (κ1) is 19.8. The van der Waals surface area contributed by atoms with Gasteiger partial charge in [-0.3, -0.25) is 0 Å². The van der Waals surface area contributed by atoms with E-state index < -0.39 is 34.7 Å². The van der Waals surface area contributed by atoms with Crippen molar-refractivity contribution in [2.45, 2.75) is 45.0 Å². The zero-order chi connectivity index (χ0) is 18.8. The van der Waals surface area contributed by atoms with Gasteiger partial charge in [0.15, 0.2) is 0 Å². The molecule has 5 nitrogen and oxygen atoms in total. The first-order valence-electron chi connectivity index (χ1n) is 7.06. The van der Waals surface area contributed by atoms with Gasteiger partial charge >= 0.3 is 12.3 Å². The minimum Gasteiger partial charge on any atom is -0.496 e. The fourth-order valence-electron chi connectivity index (χ4n) is 2.07. The molecule has 0 aromatic heterocycles. The minimum atomic E-state index is -4.67. The molecule has 0 radical (unpaired) electrons. The van der Waals surface area contributed by atoms with Crippen molar-refractivity contribution in [3.8, 4) is 5.75 Å². The van der Waals surface area contributed by atoms with E-state index in [4.69, 9.17) is 9.47 Å². The SMILES string of the molecule is COc1c(C(F)(F)F)cccc1C(C)(C=O)NC(=O)OC(C)(C)C. The van der Waals surface area contributed by atoms with Crippen LogP contribution in [0, 0.1) is 0 Å². The molecule has 1 amide bonds. The van der Waals surface area contributed by atoms with E-state index in [1.165, 1.54) is 13.0 Å². The first-order valence-corrected chi connectivity index (χ1v) is 7.06. The Morgan fingerprint density at radius 2 is 1.67 bits per heavy atom. The lowest BCUT2D eigenvalue weighted by Gasteiger charge is -2.29. The number of para-hydroxylation sites is 1. The Morgan fingerprint density at radius 1 is 1.12 bits per heavy atom. The molecule has 0 heterocycles. The maximum absolute atomic E-state index is 13.1. The summed E-state index contributed by atoms with van der Waals surface area (Å²) in [5.41, 5.74) is -3.75. The van der Waals surface area contributed by atoms with Gasteiger partial charge in [-0.2, -0.15) is 13.2 Å². The summed E-state index contributed by atoms with van der Waals surface area (Å²) in [6, 6.07) is 3.25. The molecule has 8 heteroatoms. The number of aldehydes is 1. The number of nitrogens with one attached hydrogen (secondary N) is 1. The van der Waals surface area contributed by atoms with Crippen LogP contribution in [-0.2, 0) is 21.2 Å². The Balaban J connectivity index is 3.34. The smallest absolute Gasteiger partial charge is 0.419 e. The van der Waals surface area contributed by atoms with E-state index in [0.29, 0.717) is 6.29 Å². The van der Waals surface area contributed by atoms with Crippen molar-refractivity contribution < 1.29 is 32.2 Å². The van der Waals surface area contributed by atoms with Gasteiger partial charge in [0.05, 0.1) is 12.7 Å². The Hall–Kier alpha value is -2.25. The number of hydrogen-bond donors (Lipinski definition) is 1. The molecule has 1 N–H and O–H groups in total. The molecule has 0 aliphatic carbocycles. The average molecular weight is 347 g/mol. The van der Waals surface area contributed by atoms with Gasteiger partial charge in [0.1, 0.15) is 23.2 Å². The zero-order valence-corrected chi connectivity index (χ0v) is 14.1. The largest absolute Gasteiger partial charge is 0.496 e. The lowest BCUT2D eigenvalue weighted by atomic mass is 9.91. The van der Waals surface area contributed by atoms with Crippen LogP contribution in [0.15, 0.2) is 18.2 Å². The molecular formula is C16H20F3NO4. The minimum absolute atomic E-state index is 0.124. The summed E-state index contributed by atoms with van der Waals surface area (Å²) in [5.74, 6) is -0.532. The molecule has 0 aliphatic heterocycles. The highest BCUT2D eigenvalue weighted by Gasteiger charge is 2.40. The van der Waals surface area contributed by atoms with Crippen molar-refractivity contribution in [2.24, 2.45) is 0 Å². The molecule has 1 unspecified atom stereocenters. The van der Waals surface area contributed by atoms with Gasteiger partial charge in [0.25, 0.3) is 0 Å². The molecule has 1 aromatic carbocycles. The van der Waals surface area contributed by atoms with Crippen molar-refractivity contribution in [2.75, 3.05) is 7.11 Å². The number of ether oxygens (including phenoxy) is 2. The molecule has 0 bridgehead atoms. The summed E-state index contributed by atoms with van der Waals surface area (Å²) in [7, 11) is 1.06. The van der Waals surface area contributed by atoms with Crippen LogP contribution in [0.5, 0.6) is 5.75 Å². The number of alkyl carbamates (subject to hydrolysis) is 1. The number of alkyl halides is 3. The second-order valence-electron chi connectivity index (χ2n) is 6.33. The Morgan fingerprint density at radius 3 is 2.08 bits per heavy atom. The highest BCUT2D eigenvalue weighted by Crippen LogP contribution is 2.41. The zero-order valence-electron chi connectivity index (χ0n) is 14.1. The predicted molar refractivity (Wildman–Crippen MR) is 80.8 cm³/mol. The molecule has 0 saturated carbocycles. The molecule has 24 heavy (non-hydrogen) atoms. The highest BCUT2D eigenvalue weighted by atomic mass is 19.4. The van der Waals surface area contributed by atoms with Crippen LogP contribution in [0.1, 0.15) is 38.8 Å². The summed E-state index contributed by atoms with van der Waals surface area (Å²) in [4.78, 5) is 23.5. The predicted octanol–water partition coefficient (Wildman–Crippen LogP) is 3.65. The topological polar surface area (TPSA) is 64.6 Å². The normalized spacial score (nSPS) is 14.5. The number of benzene rings is 1. The molecule has 0 saturated heterocycles. The lowest BCUT2D eigenvalue weighted by molar-refractivity contribution is -0.139. The maximum atomic E-state index is 13.1. The van der Waals surface area contributed by atoms with Gasteiger partial charge < -0.3 is 19.6 Å². The fourth-order valence-corrected chi connectivity index (χ4v) is 2.07. The van der Waals surface area contributed by atoms with Crippen molar-refractivity contribution in [1.82, 2.24) is 5.32 Å². The van der Waals surface area contributed by atoms with Crippen LogP contribution in [0.2, 0.25) is 0 Å². The van der Waals surface area contributed by atoms with Crippen LogP contribution < -0.4 is 10.1 Å². The summed E-state index contributed by atoms with van der Waals surface area (Å²) in [6.07, 6.45) is -5.28. The maximum Gasteiger partial charge on any atom is 0.419 e. The van der Waals surface area contributed by atoms with Crippen molar-refractivity contribution in [3.63, 3.8) is 0 Å². The van der Waals surface area contributed by atoms with Crippen molar-refractivity contribution in [1.29, 1.82) is 0 Å². The van der Waals surface area contributed by atoms with Crippen LogP contribution in [0.4, 0.5) is 18.0 Å². The Kier molecular flexibility index (Phi) is 5.53. The molecule has 1 atom stereocenters. The van der Waals surface area contributed by atoms with E-state index in [-0.39, 0.29) is 5.56 Å². The quantitative estimate of drug-likeness (QED) is 0.845. The van der Waals surface area contributed by atoms with E-state index >= 15 is 0 Å². The molecule has 0 fully saturated rings. The molecule has 0 aliphatic rings. The van der Waals surface area contributed by atoms with Gasteiger partial charge in [-0.15, -0.1) is 0 Å². The van der Waals surface area contributed by atoms with E-state index in [1.807, 2.05) is 0 Å². The summed E-state index contributed by atoms with van der Waals surface area (Å²) >= 11 is 0. The van der Waals surface area contributed by atoms with E-state index in [9.17, 15) is 22.8 Å². The standard InChI is InChI=1S/C16H20F3NO4/c1-14(2,3)24-13(22)20-15(4,9-21)10-7-6-8-11(12(10)23-5)16(17,18)19/h6-9H,1-5H3,(H,20,22). The molecule has 0 spiro atoms. The average Bonchev–Trinajstić information content (AvgIpc) is 2.43. The fraction of sp³-hybridized carbons (Fsp3) is 0.500. The number of amides is 1. The number of rotatable bonds is 4. The third-order valence-corrected chi connectivity index (χ3v) is 3.08. The van der Waals surface area contributed by atoms with Gasteiger partial charge in [0, 0.05) is 5.56 Å². The summed E-state index contributed by atoms with van der Waals surface area (Å²) in [6.45, 7) is 6.13. The third kappa shape index (κ3) is 4.62. The Labute approximate surface area is 138 Å². The molecule has 1 aromatic rings. The lowest BCUT2D eigenvalue weighted by Crippen LogP contribution is -2.47.